The Morgan fingerprint density at radius 3 is 2.42 bits per heavy atom. The third kappa shape index (κ3) is 3.49. The summed E-state index contributed by atoms with van der Waals surface area (Å²) in [6, 6.07) is 17.5. The van der Waals surface area contributed by atoms with Gasteiger partial charge in [-0.05, 0) is 54.1 Å². The summed E-state index contributed by atoms with van der Waals surface area (Å²) < 4.78 is 15.3. The first kappa shape index (κ1) is 19.1. The number of aromatic nitrogens is 5. The zero-order valence-electron chi connectivity index (χ0n) is 16.2. The Morgan fingerprint density at radius 1 is 0.935 bits per heavy atom. The molecule has 8 heteroatoms. The van der Waals surface area contributed by atoms with E-state index in [9.17, 15) is 4.39 Å². The number of pyridine rings is 1. The minimum Gasteiger partial charge on any atom is -0.383 e. The fourth-order valence-electron chi connectivity index (χ4n) is 3.38. The van der Waals surface area contributed by atoms with Crippen LogP contribution in [0.25, 0.3) is 39.6 Å². The van der Waals surface area contributed by atoms with Gasteiger partial charge in [-0.3, -0.25) is 4.57 Å². The number of fused-ring (bicyclic) bond motifs is 1. The number of rotatable bonds is 4. The summed E-state index contributed by atoms with van der Waals surface area (Å²) in [5.41, 5.74) is 10.6. The average Bonchev–Trinajstić information content (AvgIpc) is 3.18. The molecule has 0 spiro atoms. The van der Waals surface area contributed by atoms with Crippen LogP contribution in [0, 0.1) is 5.82 Å². The van der Waals surface area contributed by atoms with Gasteiger partial charge in [0.2, 0.25) is 0 Å². The van der Waals surface area contributed by atoms with Crippen LogP contribution >= 0.6 is 11.6 Å². The number of imidazole rings is 1. The molecule has 0 radical (unpaired) electrons. The highest BCUT2D eigenvalue weighted by Crippen LogP contribution is 2.31. The molecule has 0 aliphatic carbocycles. The number of nitrogens with zero attached hydrogens (tertiary/aromatic N) is 5. The van der Waals surface area contributed by atoms with E-state index in [1.54, 1.807) is 24.5 Å². The zero-order chi connectivity index (χ0) is 21.4. The van der Waals surface area contributed by atoms with E-state index in [4.69, 9.17) is 27.3 Å². The first-order valence-corrected chi connectivity index (χ1v) is 10.0. The average molecular weight is 431 g/mol. The normalized spacial score (nSPS) is 11.2. The van der Waals surface area contributed by atoms with Crippen molar-refractivity contribution in [2.75, 3.05) is 5.73 Å². The highest BCUT2D eigenvalue weighted by Gasteiger charge is 2.19. The number of nitrogens with two attached hydrogens (primary N) is 1. The minimum atomic E-state index is -0.316. The van der Waals surface area contributed by atoms with Crippen molar-refractivity contribution in [3.63, 3.8) is 0 Å². The molecule has 0 aliphatic rings. The summed E-state index contributed by atoms with van der Waals surface area (Å²) in [7, 11) is 0. The van der Waals surface area contributed by atoms with E-state index in [1.165, 1.54) is 12.1 Å². The number of alkyl halides is 1. The van der Waals surface area contributed by atoms with Crippen LogP contribution in [0.3, 0.4) is 0 Å². The molecule has 152 valence electrons. The number of nitrogen functional groups attached to an aromatic ring is 1. The lowest BCUT2D eigenvalue weighted by molar-refractivity contribution is 0.628. The summed E-state index contributed by atoms with van der Waals surface area (Å²) in [6.07, 6.45) is 3.29. The number of hydrogen-bond donors (Lipinski definition) is 1. The van der Waals surface area contributed by atoms with Gasteiger partial charge in [-0.2, -0.15) is 0 Å². The molecule has 5 aromatic rings. The van der Waals surface area contributed by atoms with Crippen LogP contribution in [0.15, 0.2) is 73.1 Å². The second-order valence-corrected chi connectivity index (χ2v) is 7.18. The Balaban J connectivity index is 1.77. The summed E-state index contributed by atoms with van der Waals surface area (Å²) >= 11 is 5.96. The van der Waals surface area contributed by atoms with E-state index in [0.29, 0.717) is 45.6 Å². The molecule has 0 saturated heterocycles. The third-order valence-corrected chi connectivity index (χ3v) is 5.24. The molecule has 3 heterocycles. The maximum Gasteiger partial charge on any atom is 0.169 e. The Kier molecular flexibility index (Phi) is 4.80. The topological polar surface area (TPSA) is 82.5 Å². The highest BCUT2D eigenvalue weighted by atomic mass is 35.5. The van der Waals surface area contributed by atoms with E-state index < -0.39 is 0 Å². The van der Waals surface area contributed by atoms with Crippen molar-refractivity contribution in [2.24, 2.45) is 0 Å². The predicted molar refractivity (Wildman–Crippen MR) is 119 cm³/mol. The molecule has 2 aromatic carbocycles. The number of benzene rings is 2. The van der Waals surface area contributed by atoms with Gasteiger partial charge in [0.05, 0.1) is 11.8 Å². The Morgan fingerprint density at radius 2 is 1.71 bits per heavy atom. The van der Waals surface area contributed by atoms with Crippen LogP contribution in [-0.4, -0.2) is 24.5 Å². The number of anilines is 1. The lowest BCUT2D eigenvalue weighted by Crippen LogP contribution is -2.02. The molecule has 3 aromatic heterocycles. The fraction of sp³-hybridized carbons (Fsp3) is 0.0435. The van der Waals surface area contributed by atoms with Crippen molar-refractivity contribution in [3.05, 3.63) is 84.4 Å². The predicted octanol–water partition coefficient (Wildman–Crippen LogP) is 5.00. The van der Waals surface area contributed by atoms with Gasteiger partial charge in [0, 0.05) is 23.3 Å². The second kappa shape index (κ2) is 7.77. The van der Waals surface area contributed by atoms with Gasteiger partial charge >= 0.3 is 0 Å². The molecular weight excluding hydrogens is 415 g/mol. The lowest BCUT2D eigenvalue weighted by atomic mass is 10.2. The molecule has 0 bridgehead atoms. The standard InChI is InChI=1S/C23H16ClFN6/c24-12-14-3-9-17(10-4-14)31-22(18-2-1-11-27-20(18)26)29-19-13-28-21(30-23(19)31)15-5-7-16(25)8-6-15/h1-11,13H,12H2,(H2,26,27). The summed E-state index contributed by atoms with van der Waals surface area (Å²) in [4.78, 5) is 18.1. The van der Waals surface area contributed by atoms with Crippen LogP contribution in [0.4, 0.5) is 10.2 Å². The van der Waals surface area contributed by atoms with E-state index in [-0.39, 0.29) is 5.82 Å². The quantitative estimate of drug-likeness (QED) is 0.405. The molecule has 0 aliphatic heterocycles. The first-order chi connectivity index (χ1) is 15.1. The molecule has 0 amide bonds. The van der Waals surface area contributed by atoms with Gasteiger partial charge in [-0.1, -0.05) is 12.1 Å². The lowest BCUT2D eigenvalue weighted by Gasteiger charge is -2.11. The van der Waals surface area contributed by atoms with Crippen LogP contribution in [0.5, 0.6) is 0 Å². The van der Waals surface area contributed by atoms with E-state index in [2.05, 4.69) is 9.97 Å². The van der Waals surface area contributed by atoms with Crippen LogP contribution in [0.2, 0.25) is 0 Å². The monoisotopic (exact) mass is 430 g/mol. The molecule has 5 rings (SSSR count). The maximum atomic E-state index is 13.3. The molecule has 0 unspecified atom stereocenters. The molecule has 31 heavy (non-hydrogen) atoms. The van der Waals surface area contributed by atoms with E-state index in [0.717, 1.165) is 11.3 Å². The molecular formula is C23H16ClFN6. The minimum absolute atomic E-state index is 0.316. The van der Waals surface area contributed by atoms with E-state index in [1.807, 2.05) is 41.0 Å². The van der Waals surface area contributed by atoms with Crippen LogP contribution in [0.1, 0.15) is 5.56 Å². The fourth-order valence-corrected chi connectivity index (χ4v) is 3.56. The summed E-state index contributed by atoms with van der Waals surface area (Å²) in [6.45, 7) is 0. The Labute approximate surface area is 182 Å². The zero-order valence-corrected chi connectivity index (χ0v) is 17.0. The van der Waals surface area contributed by atoms with E-state index >= 15 is 0 Å². The largest absolute Gasteiger partial charge is 0.383 e. The number of hydrogen-bond acceptors (Lipinski definition) is 5. The third-order valence-electron chi connectivity index (χ3n) is 4.93. The van der Waals surface area contributed by atoms with Crippen molar-refractivity contribution in [3.8, 4) is 28.5 Å². The van der Waals surface area contributed by atoms with Crippen LogP contribution in [-0.2, 0) is 5.88 Å². The molecule has 2 N–H and O–H groups in total. The van der Waals surface area contributed by atoms with Crippen molar-refractivity contribution in [1.29, 1.82) is 0 Å². The molecule has 6 nitrogen and oxygen atoms in total. The second-order valence-electron chi connectivity index (χ2n) is 6.92. The van der Waals surface area contributed by atoms with Crippen molar-refractivity contribution < 1.29 is 4.39 Å². The number of halogens is 2. The van der Waals surface area contributed by atoms with Gasteiger partial charge in [0.15, 0.2) is 17.3 Å². The van der Waals surface area contributed by atoms with Gasteiger partial charge < -0.3 is 5.73 Å². The Bertz CT molecular complexity index is 1380. The highest BCUT2D eigenvalue weighted by molar-refractivity contribution is 6.17. The first-order valence-electron chi connectivity index (χ1n) is 9.51. The Hall–Kier alpha value is -3.84. The van der Waals surface area contributed by atoms with Gasteiger partial charge in [-0.25, -0.2) is 24.3 Å². The maximum absolute atomic E-state index is 13.3. The molecule has 0 atom stereocenters. The molecule has 0 fully saturated rings. The van der Waals surface area contributed by atoms with Crippen molar-refractivity contribution in [1.82, 2.24) is 24.5 Å². The van der Waals surface area contributed by atoms with Crippen molar-refractivity contribution in [2.45, 2.75) is 5.88 Å². The molecule has 0 saturated carbocycles. The summed E-state index contributed by atoms with van der Waals surface area (Å²) in [5, 5.41) is 0. The van der Waals surface area contributed by atoms with Gasteiger partial charge in [0.1, 0.15) is 17.2 Å². The van der Waals surface area contributed by atoms with Crippen LogP contribution < -0.4 is 5.73 Å². The summed E-state index contributed by atoms with van der Waals surface area (Å²) in [5.74, 6) is 1.54. The van der Waals surface area contributed by atoms with Crippen molar-refractivity contribution >= 4 is 28.6 Å². The van der Waals surface area contributed by atoms with Gasteiger partial charge in [-0.15, -0.1) is 11.6 Å². The smallest absolute Gasteiger partial charge is 0.169 e. The van der Waals surface area contributed by atoms with Gasteiger partial charge in [0.25, 0.3) is 0 Å². The SMILES string of the molecule is Nc1ncccc1-c1nc2cnc(-c3ccc(F)cc3)nc2n1-c1ccc(CCl)cc1.